The van der Waals surface area contributed by atoms with Gasteiger partial charge in [-0.15, -0.1) is 0 Å². The lowest BCUT2D eigenvalue weighted by Gasteiger charge is -2.17. The number of rotatable bonds is 5. The molecule has 0 spiro atoms. The highest BCUT2D eigenvalue weighted by Gasteiger charge is 2.20. The van der Waals surface area contributed by atoms with Crippen LogP contribution in [0.15, 0.2) is 18.2 Å². The average Bonchev–Trinajstić information content (AvgIpc) is 2.87. The van der Waals surface area contributed by atoms with Gasteiger partial charge in [0.1, 0.15) is 0 Å². The van der Waals surface area contributed by atoms with Gasteiger partial charge >= 0.3 is 11.9 Å². The lowest BCUT2D eigenvalue weighted by molar-refractivity contribution is -0.143. The van der Waals surface area contributed by atoms with E-state index in [0.29, 0.717) is 5.92 Å². The van der Waals surface area contributed by atoms with E-state index >= 15 is 0 Å². The van der Waals surface area contributed by atoms with Crippen LogP contribution in [0.2, 0.25) is 5.02 Å². The third-order valence-corrected chi connectivity index (χ3v) is 4.97. The number of hydrogen-bond acceptors (Lipinski definition) is 4. The number of nitrogens with one attached hydrogen (secondary N) is 1. The Morgan fingerprint density at radius 2 is 1.79 bits per heavy atom. The fourth-order valence-electron chi connectivity index (χ4n) is 3.28. The van der Waals surface area contributed by atoms with Crippen LogP contribution < -0.4 is 5.32 Å². The molecule has 158 valence electrons. The Morgan fingerprint density at radius 1 is 1.17 bits per heavy atom. The molecule has 1 aliphatic rings. The van der Waals surface area contributed by atoms with Crippen LogP contribution in [-0.2, 0) is 22.4 Å². The molecule has 0 saturated heterocycles. The van der Waals surface area contributed by atoms with Crippen molar-refractivity contribution in [2.24, 2.45) is 0 Å². The van der Waals surface area contributed by atoms with Gasteiger partial charge in [-0.2, -0.15) is 5.10 Å². The lowest BCUT2D eigenvalue weighted by Crippen LogP contribution is -2.16. The Kier molecular flexibility index (Phi) is 8.22. The number of carbonyl (C=O) groups is 2. The molecule has 3 rings (SSSR count). The van der Waals surface area contributed by atoms with Crippen LogP contribution in [0, 0.1) is 6.92 Å². The fourth-order valence-corrected chi connectivity index (χ4v) is 3.53. The topological polar surface area (TPSA) is 104 Å². The zero-order valence-corrected chi connectivity index (χ0v) is 17.8. The predicted octanol–water partition coefficient (Wildman–Crippen LogP) is 3.58. The predicted molar refractivity (Wildman–Crippen MR) is 112 cm³/mol. The van der Waals surface area contributed by atoms with Gasteiger partial charge in [0.05, 0.1) is 29.2 Å². The van der Waals surface area contributed by atoms with E-state index in [4.69, 9.17) is 26.9 Å². The van der Waals surface area contributed by atoms with Crippen LogP contribution in [0.1, 0.15) is 55.1 Å². The first-order valence-corrected chi connectivity index (χ1v) is 10.1. The van der Waals surface area contributed by atoms with Gasteiger partial charge in [-0.1, -0.05) is 31.5 Å². The third kappa shape index (κ3) is 6.30. The first kappa shape index (κ1) is 22.9. The quantitative estimate of drug-likeness (QED) is 0.681. The molecule has 7 nitrogen and oxygen atoms in total. The standard InChI is InChI=1S/C17H22ClN3.C4H6O4/c1-11(2)16-10-12(3)20-21(16)17-14-7-9-19-8-6-13(14)4-5-15(17)18;5-3(6)1-2-4(7)8/h4-5,10-11,19H,6-9H2,1-3H3;1-2H2,(H,5,6)(H,7,8). The summed E-state index contributed by atoms with van der Waals surface area (Å²) in [6.45, 7) is 8.47. The van der Waals surface area contributed by atoms with E-state index in [1.807, 2.05) is 13.0 Å². The smallest absolute Gasteiger partial charge is 0.303 e. The van der Waals surface area contributed by atoms with E-state index in [1.165, 1.54) is 16.8 Å². The van der Waals surface area contributed by atoms with Gasteiger partial charge in [-0.25, -0.2) is 4.68 Å². The van der Waals surface area contributed by atoms with Crippen molar-refractivity contribution in [1.82, 2.24) is 15.1 Å². The summed E-state index contributed by atoms with van der Waals surface area (Å²) >= 11 is 6.55. The van der Waals surface area contributed by atoms with Crippen molar-refractivity contribution < 1.29 is 19.8 Å². The Bertz CT molecular complexity index is 863. The molecule has 1 aromatic heterocycles. The highest BCUT2D eigenvalue weighted by Crippen LogP contribution is 2.31. The fraction of sp³-hybridized carbons (Fsp3) is 0.476. The minimum Gasteiger partial charge on any atom is -0.481 e. The summed E-state index contributed by atoms with van der Waals surface area (Å²) < 4.78 is 2.06. The molecule has 8 heteroatoms. The lowest BCUT2D eigenvalue weighted by atomic mass is 10.00. The number of carboxylic acids is 2. The summed E-state index contributed by atoms with van der Waals surface area (Å²) in [5.74, 6) is -1.73. The molecule has 29 heavy (non-hydrogen) atoms. The van der Waals surface area contributed by atoms with Crippen molar-refractivity contribution >= 4 is 23.5 Å². The largest absolute Gasteiger partial charge is 0.481 e. The maximum absolute atomic E-state index is 9.64. The molecular weight excluding hydrogens is 394 g/mol. The van der Waals surface area contributed by atoms with Gasteiger partial charge in [-0.3, -0.25) is 9.59 Å². The molecule has 0 amide bonds. The van der Waals surface area contributed by atoms with E-state index in [-0.39, 0.29) is 12.8 Å². The van der Waals surface area contributed by atoms with Crippen molar-refractivity contribution in [3.63, 3.8) is 0 Å². The highest BCUT2D eigenvalue weighted by atomic mass is 35.5. The Morgan fingerprint density at radius 3 is 2.38 bits per heavy atom. The van der Waals surface area contributed by atoms with Crippen LogP contribution in [-0.4, -0.2) is 45.0 Å². The van der Waals surface area contributed by atoms with Crippen LogP contribution in [0.3, 0.4) is 0 Å². The number of hydrogen-bond donors (Lipinski definition) is 3. The zero-order chi connectivity index (χ0) is 21.6. The Labute approximate surface area is 175 Å². The summed E-state index contributed by atoms with van der Waals surface area (Å²) in [6.07, 6.45) is 1.46. The second kappa shape index (κ2) is 10.4. The molecule has 0 saturated carbocycles. The molecule has 0 radical (unpaired) electrons. The number of benzene rings is 1. The maximum Gasteiger partial charge on any atom is 0.303 e. The molecule has 0 atom stereocenters. The molecule has 1 aliphatic heterocycles. The van der Waals surface area contributed by atoms with E-state index in [9.17, 15) is 9.59 Å². The molecule has 2 heterocycles. The molecule has 0 fully saturated rings. The number of aromatic nitrogens is 2. The Balaban J connectivity index is 0.000000321. The van der Waals surface area contributed by atoms with Gasteiger partial charge in [0.25, 0.3) is 0 Å². The Hall–Kier alpha value is -2.38. The number of nitrogens with zero attached hydrogens (tertiary/aromatic N) is 2. The summed E-state index contributed by atoms with van der Waals surface area (Å²) in [6, 6.07) is 6.34. The van der Waals surface area contributed by atoms with E-state index in [2.05, 4.69) is 36.0 Å². The summed E-state index contributed by atoms with van der Waals surface area (Å²) in [7, 11) is 0. The number of halogens is 1. The number of carboxylic acid groups (broad SMARTS) is 2. The van der Waals surface area contributed by atoms with Crippen LogP contribution in [0.25, 0.3) is 5.69 Å². The number of fused-ring (bicyclic) bond motifs is 1. The third-order valence-electron chi connectivity index (χ3n) is 4.67. The summed E-state index contributed by atoms with van der Waals surface area (Å²) in [5, 5.41) is 24.8. The van der Waals surface area contributed by atoms with Crippen molar-refractivity contribution in [2.75, 3.05) is 13.1 Å². The normalized spacial score (nSPS) is 13.3. The molecule has 3 N–H and O–H groups in total. The van der Waals surface area contributed by atoms with E-state index in [1.54, 1.807) is 0 Å². The number of aryl methyl sites for hydroxylation is 1. The summed E-state index contributed by atoms with van der Waals surface area (Å²) in [5.41, 5.74) is 6.08. The first-order chi connectivity index (χ1) is 13.7. The zero-order valence-electron chi connectivity index (χ0n) is 17.0. The molecule has 2 aromatic rings. The van der Waals surface area contributed by atoms with Crippen molar-refractivity contribution in [2.45, 2.75) is 52.4 Å². The van der Waals surface area contributed by atoms with Crippen molar-refractivity contribution in [3.8, 4) is 5.69 Å². The van der Waals surface area contributed by atoms with Gasteiger partial charge in [-0.05, 0) is 62.0 Å². The number of aliphatic carboxylic acids is 2. The highest BCUT2D eigenvalue weighted by molar-refractivity contribution is 6.32. The minimum absolute atomic E-state index is 0.296. The molecule has 1 aromatic carbocycles. The maximum atomic E-state index is 9.64. The van der Waals surface area contributed by atoms with Gasteiger partial charge in [0.15, 0.2) is 0 Å². The van der Waals surface area contributed by atoms with Crippen LogP contribution in [0.5, 0.6) is 0 Å². The van der Waals surface area contributed by atoms with Gasteiger partial charge in [0.2, 0.25) is 0 Å². The van der Waals surface area contributed by atoms with Gasteiger partial charge in [0, 0.05) is 5.69 Å². The molecule has 0 bridgehead atoms. The summed E-state index contributed by atoms with van der Waals surface area (Å²) in [4.78, 5) is 19.3. The van der Waals surface area contributed by atoms with Gasteiger partial charge < -0.3 is 15.5 Å². The second-order valence-electron chi connectivity index (χ2n) is 7.35. The van der Waals surface area contributed by atoms with Crippen molar-refractivity contribution in [1.29, 1.82) is 0 Å². The average molecular weight is 422 g/mol. The van der Waals surface area contributed by atoms with Crippen LogP contribution >= 0.6 is 11.6 Å². The molecule has 0 aliphatic carbocycles. The molecular formula is C21H28ClN3O4. The van der Waals surface area contributed by atoms with E-state index < -0.39 is 11.9 Å². The van der Waals surface area contributed by atoms with E-state index in [0.717, 1.165) is 42.3 Å². The van der Waals surface area contributed by atoms with Crippen molar-refractivity contribution in [3.05, 3.63) is 45.7 Å². The first-order valence-electron chi connectivity index (χ1n) is 9.72. The monoisotopic (exact) mass is 421 g/mol. The molecule has 0 unspecified atom stereocenters. The SMILES string of the molecule is Cc1cc(C(C)C)n(-c2c(Cl)ccc3c2CCNCC3)n1.O=C(O)CCC(=O)O. The van der Waals surface area contributed by atoms with Crippen LogP contribution in [0.4, 0.5) is 0 Å². The second-order valence-corrected chi connectivity index (χ2v) is 7.76. The minimum atomic E-state index is -1.08.